The van der Waals surface area contributed by atoms with Crippen LogP contribution in [-0.4, -0.2) is 6.54 Å². The lowest BCUT2D eigenvalue weighted by molar-refractivity contribution is 0.476. The van der Waals surface area contributed by atoms with E-state index in [4.69, 9.17) is 5.73 Å². The van der Waals surface area contributed by atoms with Crippen molar-refractivity contribution in [2.75, 3.05) is 6.54 Å². The van der Waals surface area contributed by atoms with Crippen molar-refractivity contribution in [3.8, 4) is 0 Å². The van der Waals surface area contributed by atoms with E-state index in [2.05, 4.69) is 43.4 Å². The molecule has 0 aromatic heterocycles. The van der Waals surface area contributed by atoms with Crippen molar-refractivity contribution < 1.29 is 0 Å². The Morgan fingerprint density at radius 1 is 1.19 bits per heavy atom. The second-order valence-corrected chi connectivity index (χ2v) is 4.55. The van der Waals surface area contributed by atoms with Gasteiger partial charge in [-0.15, -0.1) is 0 Å². The first-order valence-corrected chi connectivity index (χ1v) is 6.24. The minimum Gasteiger partial charge on any atom is -0.326 e. The molecule has 0 radical (unpaired) electrons. The summed E-state index contributed by atoms with van der Waals surface area (Å²) in [4.78, 5) is 0. The maximum atomic E-state index is 5.56. The molecule has 0 aliphatic heterocycles. The molecule has 0 saturated heterocycles. The monoisotopic (exact) mass is 220 g/mol. The molecule has 0 saturated carbocycles. The van der Waals surface area contributed by atoms with Gasteiger partial charge in [0.25, 0.3) is 0 Å². The molecule has 0 aliphatic carbocycles. The van der Waals surface area contributed by atoms with E-state index < -0.39 is 0 Å². The van der Waals surface area contributed by atoms with Crippen molar-refractivity contribution in [2.24, 2.45) is 11.7 Å². The van der Waals surface area contributed by atoms with Gasteiger partial charge in [-0.3, -0.25) is 0 Å². The Hall–Kier alpha value is -0.860. The summed E-state index contributed by atoms with van der Waals surface area (Å²) >= 11 is 0. The second-order valence-electron chi connectivity index (χ2n) is 4.55. The van der Waals surface area contributed by atoms with Crippen LogP contribution in [0.25, 0.3) is 0 Å². The summed E-state index contributed by atoms with van der Waals surface area (Å²) in [6, 6.07) is 8.51. The molecule has 0 aliphatic rings. The van der Waals surface area contributed by atoms with Gasteiger partial charge >= 0.3 is 0 Å². The SMILES string of the molecule is CCCC(C)CNCc1ccc(CN)cc1. The number of nitrogens with one attached hydrogen (secondary N) is 1. The van der Waals surface area contributed by atoms with Crippen molar-refractivity contribution in [1.29, 1.82) is 0 Å². The predicted molar refractivity (Wildman–Crippen MR) is 70.1 cm³/mol. The molecule has 90 valence electrons. The summed E-state index contributed by atoms with van der Waals surface area (Å²) in [5.41, 5.74) is 8.09. The molecule has 0 amide bonds. The molecule has 0 bridgehead atoms. The Bertz CT molecular complexity index is 279. The average molecular weight is 220 g/mol. The molecule has 0 fully saturated rings. The summed E-state index contributed by atoms with van der Waals surface area (Å²) < 4.78 is 0. The Kier molecular flexibility index (Phi) is 6.12. The van der Waals surface area contributed by atoms with Crippen LogP contribution in [0.5, 0.6) is 0 Å². The fourth-order valence-electron chi connectivity index (χ4n) is 1.85. The van der Waals surface area contributed by atoms with Crippen LogP contribution in [0.4, 0.5) is 0 Å². The first kappa shape index (κ1) is 13.2. The third-order valence-corrected chi connectivity index (χ3v) is 2.86. The average Bonchev–Trinajstić information content (AvgIpc) is 2.30. The predicted octanol–water partition coefficient (Wildman–Crippen LogP) is 2.67. The molecule has 1 rings (SSSR count). The van der Waals surface area contributed by atoms with E-state index in [1.807, 2.05) is 0 Å². The van der Waals surface area contributed by atoms with Crippen molar-refractivity contribution in [2.45, 2.75) is 39.8 Å². The smallest absolute Gasteiger partial charge is 0.0205 e. The van der Waals surface area contributed by atoms with E-state index in [1.165, 1.54) is 24.0 Å². The van der Waals surface area contributed by atoms with Crippen LogP contribution in [0, 0.1) is 5.92 Å². The number of hydrogen-bond donors (Lipinski definition) is 2. The molecule has 0 spiro atoms. The Morgan fingerprint density at radius 2 is 1.81 bits per heavy atom. The van der Waals surface area contributed by atoms with Crippen molar-refractivity contribution in [1.82, 2.24) is 5.32 Å². The van der Waals surface area contributed by atoms with Crippen LogP contribution >= 0.6 is 0 Å². The molecule has 1 atom stereocenters. The van der Waals surface area contributed by atoms with E-state index in [-0.39, 0.29) is 0 Å². The lowest BCUT2D eigenvalue weighted by Crippen LogP contribution is -2.20. The number of rotatable bonds is 7. The maximum absolute atomic E-state index is 5.56. The van der Waals surface area contributed by atoms with E-state index in [1.54, 1.807) is 0 Å². The molecule has 2 nitrogen and oxygen atoms in total. The van der Waals surface area contributed by atoms with Gasteiger partial charge in [-0.25, -0.2) is 0 Å². The molecule has 16 heavy (non-hydrogen) atoms. The first-order chi connectivity index (χ1) is 7.76. The van der Waals surface area contributed by atoms with Gasteiger partial charge in [0.2, 0.25) is 0 Å². The van der Waals surface area contributed by atoms with Gasteiger partial charge in [0.1, 0.15) is 0 Å². The van der Waals surface area contributed by atoms with Gasteiger partial charge in [-0.05, 0) is 30.0 Å². The molecule has 2 heteroatoms. The van der Waals surface area contributed by atoms with Gasteiger partial charge in [-0.2, -0.15) is 0 Å². The molecular formula is C14H24N2. The van der Waals surface area contributed by atoms with E-state index in [9.17, 15) is 0 Å². The van der Waals surface area contributed by atoms with Crippen LogP contribution in [0.1, 0.15) is 37.8 Å². The molecular weight excluding hydrogens is 196 g/mol. The normalized spacial score (nSPS) is 12.7. The van der Waals surface area contributed by atoms with E-state index >= 15 is 0 Å². The molecule has 1 aromatic carbocycles. The zero-order chi connectivity index (χ0) is 11.8. The standard InChI is InChI=1S/C14H24N2/c1-3-4-12(2)10-16-11-14-7-5-13(9-15)6-8-14/h5-8,12,16H,3-4,9-11,15H2,1-2H3. The quantitative estimate of drug-likeness (QED) is 0.741. The van der Waals surface area contributed by atoms with Crippen LogP contribution < -0.4 is 11.1 Å². The third-order valence-electron chi connectivity index (χ3n) is 2.86. The summed E-state index contributed by atoms with van der Waals surface area (Å²) in [6.07, 6.45) is 2.58. The van der Waals surface area contributed by atoms with Gasteiger partial charge in [-0.1, -0.05) is 44.5 Å². The van der Waals surface area contributed by atoms with Crippen LogP contribution in [-0.2, 0) is 13.1 Å². The highest BCUT2D eigenvalue weighted by molar-refractivity contribution is 5.22. The lowest BCUT2D eigenvalue weighted by atomic mass is 10.1. The highest BCUT2D eigenvalue weighted by atomic mass is 14.9. The lowest BCUT2D eigenvalue weighted by Gasteiger charge is -2.11. The minimum atomic E-state index is 0.626. The minimum absolute atomic E-state index is 0.626. The summed E-state index contributed by atoms with van der Waals surface area (Å²) in [5.74, 6) is 0.772. The Labute approximate surface area is 99.2 Å². The molecule has 1 unspecified atom stereocenters. The highest BCUT2D eigenvalue weighted by Gasteiger charge is 1.99. The first-order valence-electron chi connectivity index (χ1n) is 6.24. The molecule has 1 aromatic rings. The maximum Gasteiger partial charge on any atom is 0.0205 e. The van der Waals surface area contributed by atoms with Gasteiger partial charge in [0.15, 0.2) is 0 Å². The van der Waals surface area contributed by atoms with Crippen LogP contribution in [0.3, 0.4) is 0 Å². The topological polar surface area (TPSA) is 38.0 Å². The van der Waals surface area contributed by atoms with Gasteiger partial charge in [0.05, 0.1) is 0 Å². The van der Waals surface area contributed by atoms with E-state index in [0.29, 0.717) is 6.54 Å². The summed E-state index contributed by atoms with van der Waals surface area (Å²) in [6.45, 7) is 7.22. The summed E-state index contributed by atoms with van der Waals surface area (Å²) in [5, 5.41) is 3.49. The third kappa shape index (κ3) is 4.77. The Morgan fingerprint density at radius 3 is 2.38 bits per heavy atom. The fourth-order valence-corrected chi connectivity index (χ4v) is 1.85. The molecule has 3 N–H and O–H groups in total. The largest absolute Gasteiger partial charge is 0.326 e. The fraction of sp³-hybridized carbons (Fsp3) is 0.571. The van der Waals surface area contributed by atoms with Crippen molar-refractivity contribution in [3.63, 3.8) is 0 Å². The molecule has 0 heterocycles. The zero-order valence-electron chi connectivity index (χ0n) is 10.5. The zero-order valence-corrected chi connectivity index (χ0v) is 10.5. The van der Waals surface area contributed by atoms with Gasteiger partial charge < -0.3 is 11.1 Å². The van der Waals surface area contributed by atoms with Crippen LogP contribution in [0.2, 0.25) is 0 Å². The number of hydrogen-bond acceptors (Lipinski definition) is 2. The highest BCUT2D eigenvalue weighted by Crippen LogP contribution is 2.05. The van der Waals surface area contributed by atoms with Gasteiger partial charge in [0, 0.05) is 13.1 Å². The van der Waals surface area contributed by atoms with E-state index in [0.717, 1.165) is 19.0 Å². The summed E-state index contributed by atoms with van der Waals surface area (Å²) in [7, 11) is 0. The van der Waals surface area contributed by atoms with Crippen LogP contribution in [0.15, 0.2) is 24.3 Å². The Balaban J connectivity index is 2.26. The van der Waals surface area contributed by atoms with Crippen molar-refractivity contribution >= 4 is 0 Å². The van der Waals surface area contributed by atoms with Crippen molar-refractivity contribution in [3.05, 3.63) is 35.4 Å². The number of benzene rings is 1. The number of nitrogens with two attached hydrogens (primary N) is 1. The second kappa shape index (κ2) is 7.42.